The number of aromatic hydroxyl groups is 1. The van der Waals surface area contributed by atoms with Gasteiger partial charge in [0.1, 0.15) is 5.75 Å². The summed E-state index contributed by atoms with van der Waals surface area (Å²) in [4.78, 5) is 15.9. The molecule has 0 aromatic heterocycles. The monoisotopic (exact) mass is 312 g/mol. The summed E-state index contributed by atoms with van der Waals surface area (Å²) in [5, 5.41) is 10.7. The molecule has 0 atom stereocenters. The molecular weight excluding hydrogens is 288 g/mol. The summed E-state index contributed by atoms with van der Waals surface area (Å²) in [7, 11) is 4.07. The maximum Gasteiger partial charge on any atom is 0.163 e. The Bertz CT molecular complexity index is 489. The minimum Gasteiger partial charge on any atom is -0.507 e. The Kier molecular flexibility index (Phi) is 7.15. The van der Waals surface area contributed by atoms with Gasteiger partial charge >= 0.3 is 0 Å². The summed E-state index contributed by atoms with van der Waals surface area (Å²) >= 11 is 6.06. The zero-order valence-electron chi connectivity index (χ0n) is 13.3. The van der Waals surface area contributed by atoms with Crippen molar-refractivity contribution in [3.8, 4) is 5.75 Å². The molecule has 0 radical (unpaired) electrons. The first-order valence-corrected chi connectivity index (χ1v) is 7.62. The number of hydrogen-bond acceptors (Lipinski definition) is 4. The lowest BCUT2D eigenvalue weighted by atomic mass is 10.1. The van der Waals surface area contributed by atoms with Gasteiger partial charge in [0, 0.05) is 30.2 Å². The van der Waals surface area contributed by atoms with E-state index in [0.29, 0.717) is 22.7 Å². The van der Waals surface area contributed by atoms with E-state index in [9.17, 15) is 9.90 Å². The van der Waals surface area contributed by atoms with E-state index in [1.54, 1.807) is 6.07 Å². The summed E-state index contributed by atoms with van der Waals surface area (Å²) < 4.78 is 0. The van der Waals surface area contributed by atoms with Crippen LogP contribution < -0.4 is 0 Å². The Labute approximate surface area is 132 Å². The number of carbonyl (C=O) groups is 1. The Morgan fingerprint density at radius 2 is 1.90 bits per heavy atom. The van der Waals surface area contributed by atoms with Crippen LogP contribution in [-0.2, 0) is 6.54 Å². The predicted octanol–water partition coefficient (Wildman–Crippen LogP) is 3.02. The van der Waals surface area contributed by atoms with Crippen LogP contribution in [0.3, 0.4) is 0 Å². The molecule has 0 saturated heterocycles. The molecule has 1 N–H and O–H groups in total. The van der Waals surface area contributed by atoms with Gasteiger partial charge in [0.2, 0.25) is 0 Å². The van der Waals surface area contributed by atoms with E-state index in [0.717, 1.165) is 26.1 Å². The van der Waals surface area contributed by atoms with Crippen LogP contribution in [0.4, 0.5) is 0 Å². The quantitative estimate of drug-likeness (QED) is 0.749. The summed E-state index contributed by atoms with van der Waals surface area (Å²) in [5.41, 5.74) is 1.00. The third-order valence-corrected chi connectivity index (χ3v) is 3.55. The van der Waals surface area contributed by atoms with E-state index in [1.807, 2.05) is 14.1 Å². The van der Waals surface area contributed by atoms with Gasteiger partial charge in [-0.1, -0.05) is 18.5 Å². The van der Waals surface area contributed by atoms with Gasteiger partial charge in [-0.3, -0.25) is 9.69 Å². The van der Waals surface area contributed by atoms with Gasteiger partial charge in [-0.05, 0) is 46.1 Å². The van der Waals surface area contributed by atoms with Crippen molar-refractivity contribution in [3.63, 3.8) is 0 Å². The van der Waals surface area contributed by atoms with Crippen molar-refractivity contribution in [1.29, 1.82) is 0 Å². The average Bonchev–Trinajstić information content (AvgIpc) is 2.39. The van der Waals surface area contributed by atoms with Crippen molar-refractivity contribution in [2.75, 3.05) is 33.7 Å². The van der Waals surface area contributed by atoms with Crippen molar-refractivity contribution in [1.82, 2.24) is 9.80 Å². The van der Waals surface area contributed by atoms with Crippen LogP contribution in [0.2, 0.25) is 5.02 Å². The molecule has 0 aliphatic carbocycles. The van der Waals surface area contributed by atoms with Crippen molar-refractivity contribution < 1.29 is 9.90 Å². The van der Waals surface area contributed by atoms with Gasteiger partial charge < -0.3 is 10.0 Å². The fourth-order valence-electron chi connectivity index (χ4n) is 2.21. The van der Waals surface area contributed by atoms with Crippen LogP contribution in [0.5, 0.6) is 5.75 Å². The molecule has 5 heteroatoms. The number of hydrogen-bond donors (Lipinski definition) is 1. The van der Waals surface area contributed by atoms with Gasteiger partial charge in [0.25, 0.3) is 0 Å². The van der Waals surface area contributed by atoms with E-state index >= 15 is 0 Å². The molecule has 21 heavy (non-hydrogen) atoms. The van der Waals surface area contributed by atoms with Gasteiger partial charge in [-0.25, -0.2) is 0 Å². The summed E-state index contributed by atoms with van der Waals surface area (Å²) in [6.07, 6.45) is 1.04. The third kappa shape index (κ3) is 5.65. The van der Waals surface area contributed by atoms with E-state index in [4.69, 9.17) is 11.6 Å². The fourth-order valence-corrected chi connectivity index (χ4v) is 2.45. The third-order valence-electron chi connectivity index (χ3n) is 3.33. The largest absolute Gasteiger partial charge is 0.507 e. The van der Waals surface area contributed by atoms with Crippen LogP contribution in [0.15, 0.2) is 12.1 Å². The van der Waals surface area contributed by atoms with E-state index < -0.39 is 0 Å². The van der Waals surface area contributed by atoms with Crippen LogP contribution in [0.1, 0.15) is 36.2 Å². The molecule has 0 fully saturated rings. The lowest BCUT2D eigenvalue weighted by molar-refractivity contribution is 0.101. The molecule has 1 aromatic rings. The van der Waals surface area contributed by atoms with Crippen molar-refractivity contribution in [3.05, 3.63) is 28.3 Å². The zero-order chi connectivity index (χ0) is 16.0. The number of likely N-dealkylation sites (N-methyl/N-ethyl adjacent to an activating group) is 1. The Hall–Kier alpha value is -1.10. The number of nitrogens with zero attached hydrogens (tertiary/aromatic N) is 2. The number of halogens is 1. The first-order chi connectivity index (χ1) is 9.85. The zero-order valence-corrected chi connectivity index (χ0v) is 14.1. The molecule has 0 bridgehead atoms. The molecule has 4 nitrogen and oxygen atoms in total. The minimum absolute atomic E-state index is 0.0536. The molecule has 0 unspecified atom stereocenters. The molecule has 118 valence electrons. The molecule has 0 aliphatic rings. The second kappa shape index (κ2) is 8.37. The maximum absolute atomic E-state index is 11.6. The molecular formula is C16H25ClN2O2. The molecule has 1 rings (SSSR count). The van der Waals surface area contributed by atoms with Crippen molar-refractivity contribution in [2.24, 2.45) is 0 Å². The van der Waals surface area contributed by atoms with Crippen LogP contribution >= 0.6 is 11.6 Å². The first-order valence-electron chi connectivity index (χ1n) is 7.24. The number of phenolic OH excluding ortho intramolecular Hbond substituents is 1. The van der Waals surface area contributed by atoms with Crippen molar-refractivity contribution >= 4 is 17.4 Å². The second-order valence-electron chi connectivity index (χ2n) is 5.60. The molecule has 0 aliphatic heterocycles. The molecule has 0 amide bonds. The van der Waals surface area contributed by atoms with E-state index in [2.05, 4.69) is 16.7 Å². The minimum atomic E-state index is -0.174. The Morgan fingerprint density at radius 1 is 1.24 bits per heavy atom. The van der Waals surface area contributed by atoms with Gasteiger partial charge in [0.05, 0.1) is 5.56 Å². The summed E-state index contributed by atoms with van der Waals surface area (Å²) in [6.45, 7) is 6.94. The topological polar surface area (TPSA) is 43.8 Å². The predicted molar refractivity (Wildman–Crippen MR) is 87.2 cm³/mol. The van der Waals surface area contributed by atoms with Gasteiger partial charge in [0.15, 0.2) is 5.78 Å². The number of Topliss-reactive ketones (excluding diaryl/α,β-unsaturated/α-hetero) is 1. The normalized spacial score (nSPS) is 11.4. The van der Waals surface area contributed by atoms with Gasteiger partial charge in [-0.15, -0.1) is 0 Å². The maximum atomic E-state index is 11.6. The number of carbonyl (C=O) groups excluding carboxylic acids is 1. The number of phenols is 1. The smallest absolute Gasteiger partial charge is 0.163 e. The Balaban J connectivity index is 2.94. The lowest BCUT2D eigenvalue weighted by Gasteiger charge is -2.24. The second-order valence-corrected chi connectivity index (χ2v) is 6.03. The standard InChI is InChI=1S/C16H25ClN2O2/c1-5-6-19(8-7-18(3)4)11-13-9-14(17)10-15(12(2)20)16(13)21/h9-10,21H,5-8,11H2,1-4H3. The first kappa shape index (κ1) is 18.0. The van der Waals surface area contributed by atoms with Crippen LogP contribution in [-0.4, -0.2) is 54.4 Å². The van der Waals surface area contributed by atoms with E-state index in [-0.39, 0.29) is 11.5 Å². The van der Waals surface area contributed by atoms with Gasteiger partial charge in [-0.2, -0.15) is 0 Å². The van der Waals surface area contributed by atoms with Crippen LogP contribution in [0.25, 0.3) is 0 Å². The number of ketones is 1. The summed E-state index contributed by atoms with van der Waals surface area (Å²) in [5.74, 6) is -0.121. The fraction of sp³-hybridized carbons (Fsp3) is 0.562. The van der Waals surface area contributed by atoms with Crippen molar-refractivity contribution in [2.45, 2.75) is 26.8 Å². The van der Waals surface area contributed by atoms with E-state index in [1.165, 1.54) is 13.0 Å². The highest BCUT2D eigenvalue weighted by Gasteiger charge is 2.15. The SMILES string of the molecule is CCCN(CCN(C)C)Cc1cc(Cl)cc(C(C)=O)c1O. The number of benzene rings is 1. The highest BCUT2D eigenvalue weighted by Crippen LogP contribution is 2.28. The highest BCUT2D eigenvalue weighted by atomic mass is 35.5. The molecule has 0 saturated carbocycles. The molecule has 0 heterocycles. The average molecular weight is 313 g/mol. The highest BCUT2D eigenvalue weighted by molar-refractivity contribution is 6.31. The molecule has 1 aromatic carbocycles. The summed E-state index contributed by atoms with van der Waals surface area (Å²) in [6, 6.07) is 3.26. The number of rotatable bonds is 8. The van der Waals surface area contributed by atoms with Crippen LogP contribution in [0, 0.1) is 0 Å². The lowest BCUT2D eigenvalue weighted by Crippen LogP contribution is -2.32. The molecule has 0 spiro atoms. The Morgan fingerprint density at radius 3 is 2.43 bits per heavy atom.